The van der Waals surface area contributed by atoms with Gasteiger partial charge in [-0.05, 0) is 24.1 Å². The Hall–Kier alpha value is -1.94. The highest BCUT2D eigenvalue weighted by molar-refractivity contribution is 6.30. The van der Waals surface area contributed by atoms with Gasteiger partial charge in [-0.1, -0.05) is 29.8 Å². The highest BCUT2D eigenvalue weighted by atomic mass is 35.5. The molecule has 0 radical (unpaired) electrons. The summed E-state index contributed by atoms with van der Waals surface area (Å²) in [6.45, 7) is 1.74. The molecule has 0 fully saturated rings. The van der Waals surface area contributed by atoms with Crippen molar-refractivity contribution in [1.29, 1.82) is 0 Å². The minimum atomic E-state index is -0.0659. The number of hydrogen-bond donors (Lipinski definition) is 2. The van der Waals surface area contributed by atoms with Crippen LogP contribution in [0.3, 0.4) is 0 Å². The molecule has 0 unspecified atom stereocenters. The summed E-state index contributed by atoms with van der Waals surface area (Å²) in [5.41, 5.74) is 2.19. The fraction of sp³-hybridized carbons (Fsp3) is 0.267. The lowest BCUT2D eigenvalue weighted by molar-refractivity contribution is 0.201. The zero-order chi connectivity index (χ0) is 13.9. The lowest BCUT2D eigenvalue weighted by Gasteiger charge is -2.25. The van der Waals surface area contributed by atoms with E-state index in [1.165, 1.54) is 0 Å². The van der Waals surface area contributed by atoms with E-state index in [9.17, 15) is 4.79 Å². The van der Waals surface area contributed by atoms with Gasteiger partial charge in [-0.15, -0.1) is 0 Å². The number of nitrogens with zero attached hydrogens (tertiary/aromatic N) is 1. The van der Waals surface area contributed by atoms with Crippen LogP contribution in [0.2, 0.25) is 0 Å². The van der Waals surface area contributed by atoms with Crippen LogP contribution < -0.4 is 5.32 Å². The van der Waals surface area contributed by atoms with Crippen molar-refractivity contribution in [2.75, 3.05) is 13.1 Å². The first kappa shape index (κ1) is 13.1. The second-order valence-corrected chi connectivity index (χ2v) is 5.36. The van der Waals surface area contributed by atoms with Crippen LogP contribution in [0.4, 0.5) is 4.79 Å². The third-order valence-electron chi connectivity index (χ3n) is 3.51. The van der Waals surface area contributed by atoms with Crippen LogP contribution in [-0.4, -0.2) is 29.0 Å². The zero-order valence-electron chi connectivity index (χ0n) is 11.0. The largest absolute Gasteiger partial charge is 0.361 e. The van der Waals surface area contributed by atoms with E-state index >= 15 is 0 Å². The lowest BCUT2D eigenvalue weighted by Crippen LogP contribution is -2.42. The number of nitrogens with one attached hydrogen (secondary N) is 2. The summed E-state index contributed by atoms with van der Waals surface area (Å²) in [6, 6.07) is 8.00. The fourth-order valence-corrected chi connectivity index (χ4v) is 2.72. The number of amides is 2. The number of benzene rings is 1. The Balaban J connectivity index is 1.66. The van der Waals surface area contributed by atoms with Crippen LogP contribution in [0, 0.1) is 0 Å². The smallest absolute Gasteiger partial charge is 0.318 e. The molecule has 0 aliphatic carbocycles. The van der Waals surface area contributed by atoms with E-state index in [1.807, 2.05) is 36.5 Å². The van der Waals surface area contributed by atoms with E-state index in [4.69, 9.17) is 11.6 Å². The van der Waals surface area contributed by atoms with E-state index in [2.05, 4.69) is 10.3 Å². The SMILES string of the molecule is O=C(NCc1cccc2[nH]ccc12)N1CCC=C(Cl)C1. The second kappa shape index (κ2) is 5.59. The van der Waals surface area contributed by atoms with Crippen molar-refractivity contribution in [2.24, 2.45) is 0 Å². The molecular formula is C15H16ClN3O. The van der Waals surface area contributed by atoms with Crippen LogP contribution in [-0.2, 0) is 6.54 Å². The topological polar surface area (TPSA) is 48.1 Å². The van der Waals surface area contributed by atoms with Crippen molar-refractivity contribution in [3.05, 3.63) is 47.1 Å². The molecule has 0 atom stereocenters. The van der Waals surface area contributed by atoms with E-state index in [1.54, 1.807) is 4.90 Å². The Morgan fingerprint density at radius 2 is 2.30 bits per heavy atom. The minimum absolute atomic E-state index is 0.0659. The summed E-state index contributed by atoms with van der Waals surface area (Å²) in [7, 11) is 0. The minimum Gasteiger partial charge on any atom is -0.361 e. The molecule has 2 heterocycles. The van der Waals surface area contributed by atoms with Gasteiger partial charge in [0.15, 0.2) is 0 Å². The first-order valence-corrected chi connectivity index (χ1v) is 7.04. The van der Waals surface area contributed by atoms with Gasteiger partial charge in [0.25, 0.3) is 0 Å². The third kappa shape index (κ3) is 2.65. The van der Waals surface area contributed by atoms with Crippen molar-refractivity contribution in [3.63, 3.8) is 0 Å². The Labute approximate surface area is 122 Å². The van der Waals surface area contributed by atoms with Crippen molar-refractivity contribution in [3.8, 4) is 0 Å². The Morgan fingerprint density at radius 3 is 3.15 bits per heavy atom. The van der Waals surface area contributed by atoms with Crippen LogP contribution in [0.25, 0.3) is 10.9 Å². The summed E-state index contributed by atoms with van der Waals surface area (Å²) in [4.78, 5) is 17.0. The van der Waals surface area contributed by atoms with E-state index in [-0.39, 0.29) is 6.03 Å². The Kier molecular flexibility index (Phi) is 3.65. The maximum absolute atomic E-state index is 12.1. The molecule has 1 aromatic carbocycles. The molecule has 0 spiro atoms. The molecule has 0 saturated heterocycles. The van der Waals surface area contributed by atoms with Gasteiger partial charge in [-0.2, -0.15) is 0 Å². The molecule has 20 heavy (non-hydrogen) atoms. The molecule has 1 aliphatic rings. The summed E-state index contributed by atoms with van der Waals surface area (Å²) >= 11 is 5.97. The van der Waals surface area contributed by atoms with Crippen LogP contribution in [0.5, 0.6) is 0 Å². The molecule has 1 aromatic heterocycles. The molecule has 0 bridgehead atoms. The van der Waals surface area contributed by atoms with Crippen molar-refractivity contribution >= 4 is 28.5 Å². The van der Waals surface area contributed by atoms with Crippen molar-refractivity contribution < 1.29 is 4.79 Å². The Bertz CT molecular complexity index is 662. The molecule has 0 saturated carbocycles. The summed E-state index contributed by atoms with van der Waals surface area (Å²) in [5, 5.41) is 4.84. The second-order valence-electron chi connectivity index (χ2n) is 4.88. The number of aromatic nitrogens is 1. The van der Waals surface area contributed by atoms with Gasteiger partial charge in [0.05, 0.1) is 6.54 Å². The lowest BCUT2D eigenvalue weighted by atomic mass is 10.1. The number of urea groups is 1. The highest BCUT2D eigenvalue weighted by Crippen LogP contribution is 2.17. The van der Waals surface area contributed by atoms with Crippen LogP contribution in [0.15, 0.2) is 41.6 Å². The average Bonchev–Trinajstić information content (AvgIpc) is 2.93. The van der Waals surface area contributed by atoms with Crippen molar-refractivity contribution in [1.82, 2.24) is 15.2 Å². The number of H-pyrrole nitrogens is 1. The fourth-order valence-electron chi connectivity index (χ4n) is 2.46. The van der Waals surface area contributed by atoms with Gasteiger partial charge in [-0.25, -0.2) is 4.79 Å². The van der Waals surface area contributed by atoms with Gasteiger partial charge in [0.2, 0.25) is 0 Å². The van der Waals surface area contributed by atoms with E-state index < -0.39 is 0 Å². The molecular weight excluding hydrogens is 274 g/mol. The molecule has 1 aliphatic heterocycles. The molecule has 4 nitrogen and oxygen atoms in total. The highest BCUT2D eigenvalue weighted by Gasteiger charge is 2.17. The summed E-state index contributed by atoms with van der Waals surface area (Å²) in [6.07, 6.45) is 4.69. The zero-order valence-corrected chi connectivity index (χ0v) is 11.8. The summed E-state index contributed by atoms with van der Waals surface area (Å²) < 4.78 is 0. The number of aromatic amines is 1. The number of carbonyl (C=O) groups is 1. The first-order valence-electron chi connectivity index (χ1n) is 6.66. The molecule has 5 heteroatoms. The standard InChI is InChI=1S/C15H16ClN3O/c16-12-4-2-8-19(10-12)15(20)18-9-11-3-1-5-14-13(11)6-7-17-14/h1,3-7,17H,2,8-10H2,(H,18,20). The van der Waals surface area contributed by atoms with Crippen molar-refractivity contribution in [2.45, 2.75) is 13.0 Å². The van der Waals surface area contributed by atoms with Gasteiger partial charge < -0.3 is 15.2 Å². The van der Waals surface area contributed by atoms with Crippen LogP contribution in [0.1, 0.15) is 12.0 Å². The Morgan fingerprint density at radius 1 is 1.40 bits per heavy atom. The predicted molar refractivity (Wildman–Crippen MR) is 80.7 cm³/mol. The van der Waals surface area contributed by atoms with Gasteiger partial charge >= 0.3 is 6.03 Å². The van der Waals surface area contributed by atoms with Crippen LogP contribution >= 0.6 is 11.6 Å². The van der Waals surface area contributed by atoms with Gasteiger partial charge in [0.1, 0.15) is 0 Å². The summed E-state index contributed by atoms with van der Waals surface area (Å²) in [5.74, 6) is 0. The average molecular weight is 290 g/mol. The molecule has 104 valence electrons. The number of carbonyl (C=O) groups excluding carboxylic acids is 1. The number of halogens is 1. The van der Waals surface area contributed by atoms with E-state index in [0.29, 0.717) is 13.1 Å². The first-order chi connectivity index (χ1) is 9.74. The predicted octanol–water partition coefficient (Wildman–Crippen LogP) is 3.21. The number of rotatable bonds is 2. The quantitative estimate of drug-likeness (QED) is 0.876. The maximum Gasteiger partial charge on any atom is 0.318 e. The van der Waals surface area contributed by atoms with Gasteiger partial charge in [-0.3, -0.25) is 0 Å². The van der Waals surface area contributed by atoms with E-state index in [0.717, 1.165) is 34.5 Å². The molecule has 2 amide bonds. The normalized spacial score (nSPS) is 15.2. The number of hydrogen-bond acceptors (Lipinski definition) is 1. The van der Waals surface area contributed by atoms with Gasteiger partial charge in [0, 0.05) is 35.2 Å². The molecule has 3 rings (SSSR count). The molecule has 2 aromatic rings. The molecule has 2 N–H and O–H groups in total. The number of fused-ring (bicyclic) bond motifs is 1. The third-order valence-corrected chi connectivity index (χ3v) is 3.78. The maximum atomic E-state index is 12.1. The monoisotopic (exact) mass is 289 g/mol.